The van der Waals surface area contributed by atoms with Crippen molar-refractivity contribution in [1.82, 2.24) is 10.6 Å². The van der Waals surface area contributed by atoms with Crippen molar-refractivity contribution in [2.45, 2.75) is 20.0 Å². The summed E-state index contributed by atoms with van der Waals surface area (Å²) in [7, 11) is 0. The molecule has 0 fully saturated rings. The number of carbonyl (C=O) groups is 2. The summed E-state index contributed by atoms with van der Waals surface area (Å²) in [6.45, 7) is 2.35. The van der Waals surface area contributed by atoms with Gasteiger partial charge in [-0.3, -0.25) is 9.59 Å². The van der Waals surface area contributed by atoms with Crippen LogP contribution in [0.4, 0.5) is 13.2 Å². The van der Waals surface area contributed by atoms with E-state index in [-0.39, 0.29) is 5.56 Å². The van der Waals surface area contributed by atoms with Gasteiger partial charge in [0.25, 0.3) is 5.91 Å². The summed E-state index contributed by atoms with van der Waals surface area (Å²) in [5, 5.41) is 3.90. The Bertz CT molecular complexity index is 576. The third-order valence-electron chi connectivity index (χ3n) is 2.70. The molecule has 0 aliphatic heterocycles. The van der Waals surface area contributed by atoms with Crippen LogP contribution in [0.5, 0.6) is 11.5 Å². The number of hydrogen-bond donors (Lipinski definition) is 2. The summed E-state index contributed by atoms with van der Waals surface area (Å²) in [4.78, 5) is 23.2. The zero-order valence-corrected chi connectivity index (χ0v) is 13.3. The summed E-state index contributed by atoms with van der Waals surface area (Å²) < 4.78 is 46.6. The lowest BCUT2D eigenvalue weighted by Gasteiger charge is -2.12. The van der Waals surface area contributed by atoms with E-state index in [9.17, 15) is 22.8 Å². The minimum atomic E-state index is -4.50. The number of hydrogen-bond acceptors (Lipinski definition) is 4. The van der Waals surface area contributed by atoms with E-state index in [1.54, 1.807) is 25.2 Å². The lowest BCUT2D eigenvalue weighted by molar-refractivity contribution is -0.137. The van der Waals surface area contributed by atoms with E-state index >= 15 is 0 Å². The fourth-order valence-corrected chi connectivity index (χ4v) is 1.72. The summed E-state index contributed by atoms with van der Waals surface area (Å²) in [6, 6.07) is 4.46. The SMILES string of the molecule is CCOc1ccc(C(=O)NCC(=O)NCC(F)(F)F)cc1OCC. The first kappa shape index (κ1) is 19.6. The second-order valence-corrected chi connectivity index (χ2v) is 4.60. The first-order valence-corrected chi connectivity index (χ1v) is 7.28. The van der Waals surface area contributed by atoms with Crippen LogP contribution in [0.2, 0.25) is 0 Å². The molecule has 1 rings (SSSR count). The van der Waals surface area contributed by atoms with Crippen molar-refractivity contribution >= 4 is 11.8 Å². The predicted octanol–water partition coefficient (Wildman–Crippen LogP) is 1.89. The van der Waals surface area contributed by atoms with Crippen LogP contribution in [0.1, 0.15) is 24.2 Å². The van der Waals surface area contributed by atoms with Crippen LogP contribution < -0.4 is 20.1 Å². The molecule has 0 aliphatic carbocycles. The molecule has 24 heavy (non-hydrogen) atoms. The van der Waals surface area contributed by atoms with Gasteiger partial charge in [-0.05, 0) is 32.0 Å². The number of alkyl halides is 3. The van der Waals surface area contributed by atoms with Crippen LogP contribution in [0.3, 0.4) is 0 Å². The summed E-state index contributed by atoms with van der Waals surface area (Å²) in [6.07, 6.45) is -4.50. The van der Waals surface area contributed by atoms with Gasteiger partial charge in [-0.25, -0.2) is 0 Å². The van der Waals surface area contributed by atoms with Gasteiger partial charge in [0.05, 0.1) is 19.8 Å². The number of ether oxygens (including phenoxy) is 2. The van der Waals surface area contributed by atoms with Gasteiger partial charge in [0.1, 0.15) is 6.54 Å². The molecule has 9 heteroatoms. The van der Waals surface area contributed by atoms with Gasteiger partial charge in [0, 0.05) is 5.56 Å². The summed E-state index contributed by atoms with van der Waals surface area (Å²) in [5.74, 6) is -0.704. The van der Waals surface area contributed by atoms with Crippen LogP contribution in [-0.2, 0) is 4.79 Å². The van der Waals surface area contributed by atoms with E-state index in [1.165, 1.54) is 12.1 Å². The highest BCUT2D eigenvalue weighted by molar-refractivity contribution is 5.97. The van der Waals surface area contributed by atoms with Crippen LogP contribution in [0, 0.1) is 0 Å². The molecule has 134 valence electrons. The minimum absolute atomic E-state index is 0.200. The van der Waals surface area contributed by atoms with Crippen LogP contribution in [0.15, 0.2) is 18.2 Å². The van der Waals surface area contributed by atoms with Crippen molar-refractivity contribution in [3.8, 4) is 11.5 Å². The van der Waals surface area contributed by atoms with E-state index in [2.05, 4.69) is 5.32 Å². The van der Waals surface area contributed by atoms with Crippen LogP contribution in [-0.4, -0.2) is 44.3 Å². The molecule has 0 saturated heterocycles. The zero-order chi connectivity index (χ0) is 18.2. The Morgan fingerprint density at radius 3 is 2.25 bits per heavy atom. The average molecular weight is 348 g/mol. The van der Waals surface area contributed by atoms with Gasteiger partial charge in [0.15, 0.2) is 11.5 Å². The fraction of sp³-hybridized carbons (Fsp3) is 0.467. The molecule has 2 N–H and O–H groups in total. The monoisotopic (exact) mass is 348 g/mol. The molecule has 0 saturated carbocycles. The van der Waals surface area contributed by atoms with Crippen molar-refractivity contribution in [2.24, 2.45) is 0 Å². The number of benzene rings is 1. The van der Waals surface area contributed by atoms with Gasteiger partial charge in [-0.2, -0.15) is 13.2 Å². The largest absolute Gasteiger partial charge is 0.490 e. The number of halogens is 3. The van der Waals surface area contributed by atoms with Crippen molar-refractivity contribution in [1.29, 1.82) is 0 Å². The van der Waals surface area contributed by atoms with Crippen molar-refractivity contribution in [3.05, 3.63) is 23.8 Å². The highest BCUT2D eigenvalue weighted by atomic mass is 19.4. The van der Waals surface area contributed by atoms with Gasteiger partial charge < -0.3 is 20.1 Å². The quantitative estimate of drug-likeness (QED) is 0.752. The maximum Gasteiger partial charge on any atom is 0.405 e. The van der Waals surface area contributed by atoms with Crippen LogP contribution >= 0.6 is 0 Å². The van der Waals surface area contributed by atoms with Gasteiger partial charge in [0.2, 0.25) is 5.91 Å². The normalized spacial score (nSPS) is 10.9. The van der Waals surface area contributed by atoms with E-state index in [4.69, 9.17) is 9.47 Å². The first-order valence-electron chi connectivity index (χ1n) is 7.28. The van der Waals surface area contributed by atoms with Gasteiger partial charge in [-0.15, -0.1) is 0 Å². The Morgan fingerprint density at radius 2 is 1.67 bits per heavy atom. The standard InChI is InChI=1S/C15H19F3N2O4/c1-3-23-11-6-5-10(7-12(11)24-4-2)14(22)19-8-13(21)20-9-15(16,17)18/h5-7H,3-4,8-9H2,1-2H3,(H,19,22)(H,20,21). The van der Waals surface area contributed by atoms with E-state index in [1.807, 2.05) is 0 Å². The Labute approximate surface area is 137 Å². The molecule has 0 aromatic heterocycles. The van der Waals surface area contributed by atoms with Gasteiger partial charge >= 0.3 is 6.18 Å². The third-order valence-corrected chi connectivity index (χ3v) is 2.70. The Hall–Kier alpha value is -2.45. The maximum absolute atomic E-state index is 12.0. The first-order chi connectivity index (χ1) is 11.3. The maximum atomic E-state index is 12.0. The molecule has 6 nitrogen and oxygen atoms in total. The molecular formula is C15H19F3N2O4. The molecule has 0 atom stereocenters. The lowest BCUT2D eigenvalue weighted by atomic mass is 10.2. The zero-order valence-electron chi connectivity index (χ0n) is 13.3. The molecule has 2 amide bonds. The molecule has 0 unspecified atom stereocenters. The molecule has 0 spiro atoms. The van der Waals surface area contributed by atoms with Crippen molar-refractivity contribution in [2.75, 3.05) is 26.3 Å². The lowest BCUT2D eigenvalue weighted by Crippen LogP contribution is -2.40. The Balaban J connectivity index is 2.64. The topological polar surface area (TPSA) is 76.7 Å². The smallest absolute Gasteiger partial charge is 0.405 e. The fourth-order valence-electron chi connectivity index (χ4n) is 1.72. The molecule has 0 heterocycles. The van der Waals surface area contributed by atoms with Crippen LogP contribution in [0.25, 0.3) is 0 Å². The average Bonchev–Trinajstić information content (AvgIpc) is 2.52. The van der Waals surface area contributed by atoms with E-state index < -0.39 is 31.1 Å². The second-order valence-electron chi connectivity index (χ2n) is 4.60. The highest BCUT2D eigenvalue weighted by Gasteiger charge is 2.27. The number of nitrogens with one attached hydrogen (secondary N) is 2. The van der Waals surface area contributed by atoms with E-state index in [0.29, 0.717) is 24.7 Å². The van der Waals surface area contributed by atoms with Crippen molar-refractivity contribution in [3.63, 3.8) is 0 Å². The Morgan fingerprint density at radius 1 is 1.04 bits per heavy atom. The molecule has 0 radical (unpaired) electrons. The van der Waals surface area contributed by atoms with Gasteiger partial charge in [-0.1, -0.05) is 0 Å². The third kappa shape index (κ3) is 6.76. The second kappa shape index (κ2) is 8.99. The molecule has 1 aromatic carbocycles. The molecule has 0 aliphatic rings. The summed E-state index contributed by atoms with van der Waals surface area (Å²) >= 11 is 0. The number of rotatable bonds is 8. The highest BCUT2D eigenvalue weighted by Crippen LogP contribution is 2.28. The Kier molecular flexibility index (Phi) is 7.34. The molecule has 0 bridgehead atoms. The molecule has 1 aromatic rings. The summed E-state index contributed by atoms with van der Waals surface area (Å²) in [5.41, 5.74) is 0.200. The number of carbonyl (C=O) groups excluding carboxylic acids is 2. The number of amides is 2. The molecular weight excluding hydrogens is 329 g/mol. The minimum Gasteiger partial charge on any atom is -0.490 e. The van der Waals surface area contributed by atoms with Crippen molar-refractivity contribution < 1.29 is 32.2 Å². The van der Waals surface area contributed by atoms with E-state index in [0.717, 1.165) is 0 Å². The predicted molar refractivity (Wildman–Crippen MR) is 80.2 cm³/mol.